The van der Waals surface area contributed by atoms with E-state index in [4.69, 9.17) is 14.6 Å². The van der Waals surface area contributed by atoms with Crippen LogP contribution in [0.2, 0.25) is 0 Å². The molecular weight excluding hydrogens is 218 g/mol. The molecule has 0 amide bonds. The first-order valence-corrected chi connectivity index (χ1v) is 5.87. The van der Waals surface area contributed by atoms with Crippen LogP contribution in [0.4, 0.5) is 0 Å². The van der Waals surface area contributed by atoms with Crippen LogP contribution in [0.25, 0.3) is 0 Å². The molecule has 96 valence electrons. The van der Waals surface area contributed by atoms with E-state index < -0.39 is 0 Å². The zero-order valence-electron chi connectivity index (χ0n) is 10.5. The molecule has 0 aliphatic heterocycles. The molecule has 1 atom stereocenters. The predicted molar refractivity (Wildman–Crippen MR) is 67.7 cm³/mol. The summed E-state index contributed by atoms with van der Waals surface area (Å²) in [7, 11) is 1.64. The van der Waals surface area contributed by atoms with Crippen molar-refractivity contribution in [1.29, 1.82) is 0 Å². The standard InChI is InChI=1S/C13H21NO3/c1-11(7-9-15)14-8-10-17-13-5-3-12(16-2)4-6-13/h3-6,11,14-15H,7-10H2,1-2H3. The van der Waals surface area contributed by atoms with E-state index in [1.165, 1.54) is 0 Å². The van der Waals surface area contributed by atoms with Crippen molar-refractivity contribution in [3.63, 3.8) is 0 Å². The lowest BCUT2D eigenvalue weighted by molar-refractivity contribution is 0.259. The zero-order chi connectivity index (χ0) is 12.5. The number of benzene rings is 1. The molecule has 0 aromatic heterocycles. The average Bonchev–Trinajstić information content (AvgIpc) is 2.36. The number of methoxy groups -OCH3 is 1. The van der Waals surface area contributed by atoms with E-state index in [0.29, 0.717) is 12.6 Å². The van der Waals surface area contributed by atoms with Crippen LogP contribution in [0.3, 0.4) is 0 Å². The summed E-state index contributed by atoms with van der Waals surface area (Å²) in [4.78, 5) is 0. The maximum absolute atomic E-state index is 8.74. The van der Waals surface area contributed by atoms with Gasteiger partial charge in [-0.15, -0.1) is 0 Å². The summed E-state index contributed by atoms with van der Waals surface area (Å²) in [5.41, 5.74) is 0. The molecule has 0 bridgehead atoms. The smallest absolute Gasteiger partial charge is 0.119 e. The molecule has 0 heterocycles. The lowest BCUT2D eigenvalue weighted by Gasteiger charge is -2.12. The van der Waals surface area contributed by atoms with Gasteiger partial charge in [0.2, 0.25) is 0 Å². The minimum atomic E-state index is 0.216. The highest BCUT2D eigenvalue weighted by molar-refractivity contribution is 5.31. The van der Waals surface area contributed by atoms with Crippen LogP contribution < -0.4 is 14.8 Å². The summed E-state index contributed by atoms with van der Waals surface area (Å²) in [6, 6.07) is 7.83. The van der Waals surface area contributed by atoms with E-state index in [-0.39, 0.29) is 6.61 Å². The minimum absolute atomic E-state index is 0.216. The topological polar surface area (TPSA) is 50.7 Å². The van der Waals surface area contributed by atoms with Crippen LogP contribution in [0.1, 0.15) is 13.3 Å². The maximum Gasteiger partial charge on any atom is 0.119 e. The Morgan fingerprint density at radius 1 is 1.24 bits per heavy atom. The Kier molecular flexibility index (Phi) is 6.43. The van der Waals surface area contributed by atoms with Gasteiger partial charge < -0.3 is 19.9 Å². The fourth-order valence-electron chi connectivity index (χ4n) is 1.44. The Hall–Kier alpha value is -1.26. The fourth-order valence-corrected chi connectivity index (χ4v) is 1.44. The van der Waals surface area contributed by atoms with Crippen molar-refractivity contribution in [3.05, 3.63) is 24.3 Å². The van der Waals surface area contributed by atoms with E-state index in [9.17, 15) is 0 Å². The quantitative estimate of drug-likeness (QED) is 0.674. The molecule has 4 nitrogen and oxygen atoms in total. The molecule has 1 aromatic rings. The molecule has 1 rings (SSSR count). The molecular formula is C13H21NO3. The summed E-state index contributed by atoms with van der Waals surface area (Å²) in [5, 5.41) is 12.0. The Balaban J connectivity index is 2.17. The van der Waals surface area contributed by atoms with E-state index in [1.807, 2.05) is 31.2 Å². The number of nitrogens with one attached hydrogen (secondary N) is 1. The zero-order valence-corrected chi connectivity index (χ0v) is 10.5. The third-order valence-electron chi connectivity index (χ3n) is 2.49. The molecule has 4 heteroatoms. The van der Waals surface area contributed by atoms with Crippen molar-refractivity contribution in [1.82, 2.24) is 5.32 Å². The van der Waals surface area contributed by atoms with E-state index >= 15 is 0 Å². The number of hydrogen-bond acceptors (Lipinski definition) is 4. The predicted octanol–water partition coefficient (Wildman–Crippen LogP) is 1.43. The van der Waals surface area contributed by atoms with Gasteiger partial charge in [0.15, 0.2) is 0 Å². The monoisotopic (exact) mass is 239 g/mol. The van der Waals surface area contributed by atoms with Gasteiger partial charge in [0.05, 0.1) is 7.11 Å². The van der Waals surface area contributed by atoms with E-state index in [2.05, 4.69) is 5.32 Å². The molecule has 17 heavy (non-hydrogen) atoms. The minimum Gasteiger partial charge on any atom is -0.497 e. The molecule has 0 saturated carbocycles. The van der Waals surface area contributed by atoms with Gasteiger partial charge in [-0.05, 0) is 37.6 Å². The summed E-state index contributed by atoms with van der Waals surface area (Å²) in [6.45, 7) is 3.65. The first-order valence-electron chi connectivity index (χ1n) is 5.87. The van der Waals surface area contributed by atoms with Gasteiger partial charge in [-0.2, -0.15) is 0 Å². The van der Waals surface area contributed by atoms with Crippen LogP contribution in [-0.2, 0) is 0 Å². The first kappa shape index (κ1) is 13.8. The summed E-state index contributed by atoms with van der Waals surface area (Å²) in [6.07, 6.45) is 0.766. The van der Waals surface area contributed by atoms with E-state index in [1.54, 1.807) is 7.11 Å². The highest BCUT2D eigenvalue weighted by atomic mass is 16.5. The largest absolute Gasteiger partial charge is 0.497 e. The lowest BCUT2D eigenvalue weighted by Crippen LogP contribution is -2.30. The SMILES string of the molecule is COc1ccc(OCCNC(C)CCO)cc1. The second kappa shape index (κ2) is 7.92. The van der Waals surface area contributed by atoms with Gasteiger partial charge in [0.1, 0.15) is 18.1 Å². The molecule has 2 N–H and O–H groups in total. The second-order valence-corrected chi connectivity index (χ2v) is 3.89. The molecule has 1 aromatic carbocycles. The van der Waals surface area contributed by atoms with Crippen molar-refractivity contribution in [2.75, 3.05) is 26.9 Å². The molecule has 0 spiro atoms. The van der Waals surface area contributed by atoms with Crippen molar-refractivity contribution in [2.45, 2.75) is 19.4 Å². The van der Waals surface area contributed by atoms with Crippen molar-refractivity contribution >= 4 is 0 Å². The van der Waals surface area contributed by atoms with Gasteiger partial charge in [-0.25, -0.2) is 0 Å². The van der Waals surface area contributed by atoms with Crippen LogP contribution in [0.15, 0.2) is 24.3 Å². The third kappa shape index (κ3) is 5.56. The summed E-state index contributed by atoms with van der Waals surface area (Å²) in [5.74, 6) is 1.66. The average molecular weight is 239 g/mol. The number of hydrogen-bond donors (Lipinski definition) is 2. The van der Waals surface area contributed by atoms with Gasteiger partial charge in [0, 0.05) is 19.2 Å². The van der Waals surface area contributed by atoms with Gasteiger partial charge in [-0.3, -0.25) is 0 Å². The Labute approximate surface area is 103 Å². The molecule has 0 aliphatic rings. The maximum atomic E-state index is 8.74. The van der Waals surface area contributed by atoms with Crippen molar-refractivity contribution in [3.8, 4) is 11.5 Å². The fraction of sp³-hybridized carbons (Fsp3) is 0.538. The Bertz CT molecular complexity index is 300. The molecule has 1 unspecified atom stereocenters. The first-order chi connectivity index (χ1) is 8.26. The molecule has 0 fully saturated rings. The molecule has 0 aliphatic carbocycles. The van der Waals surface area contributed by atoms with Gasteiger partial charge in [0.25, 0.3) is 0 Å². The van der Waals surface area contributed by atoms with Gasteiger partial charge >= 0.3 is 0 Å². The molecule has 0 radical (unpaired) electrons. The Morgan fingerprint density at radius 2 is 1.88 bits per heavy atom. The summed E-state index contributed by atoms with van der Waals surface area (Å²) >= 11 is 0. The van der Waals surface area contributed by atoms with Gasteiger partial charge in [-0.1, -0.05) is 0 Å². The van der Waals surface area contributed by atoms with E-state index in [0.717, 1.165) is 24.5 Å². The number of rotatable bonds is 8. The third-order valence-corrected chi connectivity index (χ3v) is 2.49. The lowest BCUT2D eigenvalue weighted by atomic mass is 10.2. The second-order valence-electron chi connectivity index (χ2n) is 3.89. The highest BCUT2D eigenvalue weighted by Crippen LogP contribution is 2.16. The number of ether oxygens (including phenoxy) is 2. The number of aliphatic hydroxyl groups excluding tert-OH is 1. The molecule has 0 saturated heterocycles. The van der Waals surface area contributed by atoms with Crippen LogP contribution in [0.5, 0.6) is 11.5 Å². The normalized spacial score (nSPS) is 12.2. The highest BCUT2D eigenvalue weighted by Gasteiger charge is 1.99. The van der Waals surface area contributed by atoms with Crippen LogP contribution in [0, 0.1) is 0 Å². The van der Waals surface area contributed by atoms with Crippen molar-refractivity contribution in [2.24, 2.45) is 0 Å². The van der Waals surface area contributed by atoms with Crippen molar-refractivity contribution < 1.29 is 14.6 Å². The number of aliphatic hydroxyl groups is 1. The Morgan fingerprint density at radius 3 is 2.47 bits per heavy atom. The summed E-state index contributed by atoms with van der Waals surface area (Å²) < 4.78 is 10.6. The van der Waals surface area contributed by atoms with Crippen LogP contribution >= 0.6 is 0 Å². The van der Waals surface area contributed by atoms with Crippen LogP contribution in [-0.4, -0.2) is 38.0 Å².